The molecule has 1 atom stereocenters. The van der Waals surface area contributed by atoms with E-state index in [1.54, 1.807) is 6.92 Å². The third-order valence-corrected chi connectivity index (χ3v) is 6.75. The van der Waals surface area contributed by atoms with E-state index in [0.717, 1.165) is 21.7 Å². The van der Waals surface area contributed by atoms with Gasteiger partial charge in [-0.25, -0.2) is 17.5 Å². The lowest BCUT2D eigenvalue weighted by Gasteiger charge is -2.19. The van der Waals surface area contributed by atoms with Crippen molar-refractivity contribution in [1.82, 2.24) is 4.31 Å². The number of thiophene rings is 1. The van der Waals surface area contributed by atoms with E-state index in [1.165, 1.54) is 14.2 Å². The molecule has 1 heterocycles. The van der Waals surface area contributed by atoms with Gasteiger partial charge < -0.3 is 9.84 Å². The number of hydrogen-bond donors (Lipinski definition) is 1. The topological polar surface area (TPSA) is 101 Å². The van der Waals surface area contributed by atoms with Gasteiger partial charge in [-0.15, -0.1) is 11.3 Å². The van der Waals surface area contributed by atoms with Crippen LogP contribution in [0.5, 0.6) is 0 Å². The Morgan fingerprint density at radius 1 is 1.52 bits per heavy atom. The summed E-state index contributed by atoms with van der Waals surface area (Å²) in [4.78, 5) is 22.0. The highest BCUT2D eigenvalue weighted by atomic mass is 79.9. The fourth-order valence-electron chi connectivity index (χ4n) is 1.56. The average molecular weight is 400 g/mol. The Hall–Kier alpha value is -0.970. The molecule has 0 bridgehead atoms. The summed E-state index contributed by atoms with van der Waals surface area (Å²) in [5, 5.41) is 8.90. The zero-order valence-corrected chi connectivity index (χ0v) is 14.7. The molecule has 0 saturated carbocycles. The highest BCUT2D eigenvalue weighted by Crippen LogP contribution is 2.33. The number of halogens is 1. The Bertz CT molecular complexity index is 654. The first kappa shape index (κ1) is 18.1. The number of rotatable bonds is 6. The maximum absolute atomic E-state index is 12.4. The predicted octanol–water partition coefficient (Wildman–Crippen LogP) is 1.64. The van der Waals surface area contributed by atoms with Gasteiger partial charge in [-0.3, -0.25) is 4.79 Å². The first-order chi connectivity index (χ1) is 9.61. The molecule has 0 saturated heterocycles. The van der Waals surface area contributed by atoms with E-state index >= 15 is 0 Å². The van der Waals surface area contributed by atoms with Crippen molar-refractivity contribution < 1.29 is 27.9 Å². The number of carboxylic acid groups (broad SMARTS) is 1. The number of esters is 1. The van der Waals surface area contributed by atoms with Crippen molar-refractivity contribution >= 4 is 49.2 Å². The van der Waals surface area contributed by atoms with E-state index in [4.69, 9.17) is 5.11 Å². The first-order valence-corrected chi connectivity index (χ1v) is 8.73. The summed E-state index contributed by atoms with van der Waals surface area (Å²) in [6, 6.07) is 1.09. The number of carbonyl (C=O) groups excluding carboxylic acids is 1. The largest absolute Gasteiger partial charge is 0.477 e. The molecular weight excluding hydrogens is 386 g/mol. The molecule has 0 aromatic carbocycles. The zero-order chi connectivity index (χ0) is 16.4. The van der Waals surface area contributed by atoms with Crippen LogP contribution in [0.2, 0.25) is 0 Å². The average Bonchev–Trinajstić information content (AvgIpc) is 2.80. The van der Waals surface area contributed by atoms with Crippen molar-refractivity contribution in [1.29, 1.82) is 0 Å². The normalized spacial score (nSPS) is 13.2. The van der Waals surface area contributed by atoms with E-state index < -0.39 is 27.9 Å². The maximum Gasteiger partial charge on any atom is 0.345 e. The lowest BCUT2D eigenvalue weighted by molar-refractivity contribution is -0.144. The monoisotopic (exact) mass is 399 g/mol. The maximum atomic E-state index is 12.4. The molecule has 0 spiro atoms. The Morgan fingerprint density at radius 3 is 2.52 bits per heavy atom. The molecule has 0 aliphatic heterocycles. The predicted molar refractivity (Wildman–Crippen MR) is 80.0 cm³/mol. The minimum atomic E-state index is -3.89. The van der Waals surface area contributed by atoms with Crippen molar-refractivity contribution in [2.45, 2.75) is 11.8 Å². The van der Waals surface area contributed by atoms with Gasteiger partial charge in [0.25, 0.3) is 0 Å². The number of carboxylic acids is 1. The molecule has 1 aromatic rings. The fraction of sp³-hybridized carbons (Fsp3) is 0.455. The number of methoxy groups -OCH3 is 1. The lowest BCUT2D eigenvalue weighted by Crippen LogP contribution is -2.34. The summed E-state index contributed by atoms with van der Waals surface area (Å²) >= 11 is 3.87. The highest BCUT2D eigenvalue weighted by Gasteiger charge is 2.29. The molecule has 0 fully saturated rings. The van der Waals surface area contributed by atoms with Gasteiger partial charge in [0.1, 0.15) is 9.77 Å². The van der Waals surface area contributed by atoms with Gasteiger partial charge in [0.05, 0.1) is 16.8 Å². The third-order valence-electron chi connectivity index (χ3n) is 2.69. The molecule has 7 nitrogen and oxygen atoms in total. The molecule has 21 heavy (non-hydrogen) atoms. The smallest absolute Gasteiger partial charge is 0.345 e. The van der Waals surface area contributed by atoms with E-state index in [1.807, 2.05) is 0 Å². The van der Waals surface area contributed by atoms with Crippen LogP contribution in [-0.2, 0) is 19.6 Å². The van der Waals surface area contributed by atoms with Gasteiger partial charge in [0, 0.05) is 13.6 Å². The van der Waals surface area contributed by atoms with Crippen LogP contribution >= 0.6 is 27.3 Å². The van der Waals surface area contributed by atoms with Crippen LogP contribution in [0, 0.1) is 5.92 Å². The minimum absolute atomic E-state index is 0.0697. The van der Waals surface area contributed by atoms with Gasteiger partial charge in [-0.05, 0) is 22.0 Å². The summed E-state index contributed by atoms with van der Waals surface area (Å²) in [5.41, 5.74) is 0. The van der Waals surface area contributed by atoms with E-state index in [0.29, 0.717) is 0 Å². The minimum Gasteiger partial charge on any atom is -0.477 e. The van der Waals surface area contributed by atoms with Crippen LogP contribution in [0.3, 0.4) is 0 Å². The summed E-state index contributed by atoms with van der Waals surface area (Å²) in [6.45, 7) is 1.48. The van der Waals surface area contributed by atoms with Crippen molar-refractivity contribution in [3.05, 3.63) is 14.7 Å². The molecule has 118 valence electrons. The van der Waals surface area contributed by atoms with E-state index in [9.17, 15) is 18.0 Å². The number of ether oxygens (including phenoxy) is 1. The second kappa shape index (κ2) is 6.86. The number of aromatic carboxylic acids is 1. The highest BCUT2D eigenvalue weighted by molar-refractivity contribution is 9.11. The van der Waals surface area contributed by atoms with Gasteiger partial charge in [-0.2, -0.15) is 0 Å². The fourth-order valence-corrected chi connectivity index (χ4v) is 5.17. The molecule has 0 amide bonds. The van der Waals surface area contributed by atoms with Crippen LogP contribution < -0.4 is 0 Å². The van der Waals surface area contributed by atoms with Gasteiger partial charge in [0.15, 0.2) is 0 Å². The lowest BCUT2D eigenvalue weighted by atomic mass is 10.2. The Kier molecular flexibility index (Phi) is 5.91. The second-order valence-corrected chi connectivity index (χ2v) is 8.65. The molecule has 0 aliphatic rings. The van der Waals surface area contributed by atoms with Crippen LogP contribution in [0.4, 0.5) is 0 Å². The number of sulfonamides is 1. The van der Waals surface area contributed by atoms with Crippen molar-refractivity contribution in [3.63, 3.8) is 0 Å². The van der Waals surface area contributed by atoms with Crippen LogP contribution in [0.1, 0.15) is 16.6 Å². The molecule has 1 N–H and O–H groups in total. The summed E-state index contributed by atoms with van der Waals surface area (Å²) in [7, 11) is -1.35. The van der Waals surface area contributed by atoms with Gasteiger partial charge in [-0.1, -0.05) is 6.92 Å². The van der Waals surface area contributed by atoms with Gasteiger partial charge in [0.2, 0.25) is 10.0 Å². The standard InChI is InChI=1S/C11H14BrNO6S2/c1-6(11(16)19-3)5-13(2)21(17,18)8-4-7(10(14)15)20-9(8)12/h4,6H,5H2,1-3H3,(H,14,15). The summed E-state index contributed by atoms with van der Waals surface area (Å²) in [6.07, 6.45) is 0. The molecule has 10 heteroatoms. The van der Waals surface area contributed by atoms with E-state index in [-0.39, 0.29) is 20.1 Å². The van der Waals surface area contributed by atoms with Crippen molar-refractivity contribution in [2.75, 3.05) is 20.7 Å². The summed E-state index contributed by atoms with van der Waals surface area (Å²) < 4.78 is 30.5. The molecule has 1 aromatic heterocycles. The molecule has 1 rings (SSSR count). The Morgan fingerprint density at radius 2 is 2.10 bits per heavy atom. The van der Waals surface area contributed by atoms with Crippen LogP contribution in [0.15, 0.2) is 14.7 Å². The third kappa shape index (κ3) is 4.02. The van der Waals surface area contributed by atoms with Crippen molar-refractivity contribution in [3.8, 4) is 0 Å². The molecular formula is C11H14BrNO6S2. The zero-order valence-electron chi connectivity index (χ0n) is 11.5. The summed E-state index contributed by atoms with van der Waals surface area (Å²) in [5.74, 6) is -2.36. The van der Waals surface area contributed by atoms with Crippen LogP contribution in [-0.4, -0.2) is 50.5 Å². The Balaban J connectivity index is 3.05. The van der Waals surface area contributed by atoms with Gasteiger partial charge >= 0.3 is 11.9 Å². The molecule has 0 radical (unpaired) electrons. The molecule has 1 unspecified atom stereocenters. The SMILES string of the molecule is COC(=O)C(C)CN(C)S(=O)(=O)c1cc(C(=O)O)sc1Br. The number of carbonyl (C=O) groups is 2. The number of hydrogen-bond acceptors (Lipinski definition) is 6. The van der Waals surface area contributed by atoms with Crippen molar-refractivity contribution in [2.24, 2.45) is 5.92 Å². The van der Waals surface area contributed by atoms with Crippen LogP contribution in [0.25, 0.3) is 0 Å². The molecule has 0 aliphatic carbocycles. The Labute approximate surface area is 134 Å². The first-order valence-electron chi connectivity index (χ1n) is 5.68. The number of nitrogens with zero attached hydrogens (tertiary/aromatic N) is 1. The second-order valence-electron chi connectivity index (χ2n) is 4.26. The quantitative estimate of drug-likeness (QED) is 0.729. The van der Waals surface area contributed by atoms with E-state index in [2.05, 4.69) is 20.7 Å².